The Morgan fingerprint density at radius 2 is 1.96 bits per heavy atom. The van der Waals surface area contributed by atoms with Gasteiger partial charge in [-0.3, -0.25) is 4.79 Å². The Kier molecular flexibility index (Phi) is 3.96. The molecule has 0 saturated carbocycles. The number of carbonyl (C=O) groups is 1. The number of aryl methyl sites for hydroxylation is 1. The Hall–Kier alpha value is -3.48. The second kappa shape index (κ2) is 6.56. The zero-order chi connectivity index (χ0) is 17.1. The van der Waals surface area contributed by atoms with Crippen LogP contribution in [-0.2, 0) is 11.3 Å². The van der Waals surface area contributed by atoms with Crippen LogP contribution in [0.15, 0.2) is 67.4 Å². The summed E-state index contributed by atoms with van der Waals surface area (Å²) in [5, 5.41) is 7.08. The molecule has 0 aliphatic heterocycles. The maximum Gasteiger partial charge on any atom is 0.226 e. The van der Waals surface area contributed by atoms with E-state index in [-0.39, 0.29) is 5.91 Å². The molecule has 7 nitrogen and oxygen atoms in total. The smallest absolute Gasteiger partial charge is 0.226 e. The first-order chi connectivity index (χ1) is 12.3. The molecule has 7 heteroatoms. The second-order valence-corrected chi connectivity index (χ2v) is 5.55. The van der Waals surface area contributed by atoms with Gasteiger partial charge in [-0.15, -0.1) is 0 Å². The Morgan fingerprint density at radius 3 is 2.84 bits per heavy atom. The van der Waals surface area contributed by atoms with Gasteiger partial charge >= 0.3 is 0 Å². The van der Waals surface area contributed by atoms with E-state index in [1.54, 1.807) is 35.7 Å². The number of hydrogen-bond acceptors (Lipinski definition) is 4. The van der Waals surface area contributed by atoms with Gasteiger partial charge in [0.15, 0.2) is 5.82 Å². The van der Waals surface area contributed by atoms with E-state index in [0.29, 0.717) is 24.5 Å². The van der Waals surface area contributed by atoms with E-state index in [9.17, 15) is 4.79 Å². The number of amides is 1. The highest BCUT2D eigenvalue weighted by molar-refractivity contribution is 5.92. The summed E-state index contributed by atoms with van der Waals surface area (Å²) >= 11 is 0. The molecule has 25 heavy (non-hydrogen) atoms. The highest BCUT2D eigenvalue weighted by Gasteiger charge is 2.10. The van der Waals surface area contributed by atoms with E-state index in [2.05, 4.69) is 20.4 Å². The van der Waals surface area contributed by atoms with Gasteiger partial charge in [0.05, 0.1) is 23.0 Å². The quantitative estimate of drug-likeness (QED) is 0.609. The highest BCUT2D eigenvalue weighted by Crippen LogP contribution is 2.17. The summed E-state index contributed by atoms with van der Waals surface area (Å²) in [7, 11) is 0. The maximum absolute atomic E-state index is 12.4. The van der Waals surface area contributed by atoms with Crippen molar-refractivity contribution in [2.24, 2.45) is 0 Å². The molecule has 3 aromatic heterocycles. The monoisotopic (exact) mass is 332 g/mol. The predicted octanol–water partition coefficient (Wildman–Crippen LogP) is 2.65. The third-order valence-corrected chi connectivity index (χ3v) is 3.89. The molecule has 1 aromatic carbocycles. The number of nitrogens with one attached hydrogen (secondary N) is 1. The number of carbonyl (C=O) groups excluding carboxylic acids is 1. The standard InChI is InChI=1S/C18H16N6O/c25-17(8-12-23-13-20-14-5-1-2-7-16(14)23)22-15-6-3-9-19-18(15)24-11-4-10-21-24/h1-7,9-11,13H,8,12H2,(H,22,25). The summed E-state index contributed by atoms with van der Waals surface area (Å²) in [5.41, 5.74) is 2.58. The largest absolute Gasteiger partial charge is 0.330 e. The van der Waals surface area contributed by atoms with Crippen LogP contribution in [0.25, 0.3) is 16.9 Å². The van der Waals surface area contributed by atoms with Crippen molar-refractivity contribution in [1.82, 2.24) is 24.3 Å². The molecule has 124 valence electrons. The number of benzene rings is 1. The number of pyridine rings is 1. The number of rotatable bonds is 5. The van der Waals surface area contributed by atoms with Gasteiger partial charge in [0, 0.05) is 31.6 Å². The van der Waals surface area contributed by atoms with Crippen LogP contribution >= 0.6 is 0 Å². The average Bonchev–Trinajstić information content (AvgIpc) is 3.30. The molecule has 1 amide bonds. The average molecular weight is 332 g/mol. The second-order valence-electron chi connectivity index (χ2n) is 5.55. The highest BCUT2D eigenvalue weighted by atomic mass is 16.1. The van der Waals surface area contributed by atoms with E-state index >= 15 is 0 Å². The van der Waals surface area contributed by atoms with Crippen molar-refractivity contribution in [2.45, 2.75) is 13.0 Å². The topological polar surface area (TPSA) is 77.6 Å². The molecule has 0 bridgehead atoms. The molecule has 0 aliphatic carbocycles. The van der Waals surface area contributed by atoms with Gasteiger partial charge in [-0.25, -0.2) is 14.6 Å². The number of fused-ring (bicyclic) bond motifs is 1. The van der Waals surface area contributed by atoms with Crippen molar-refractivity contribution in [3.8, 4) is 5.82 Å². The number of nitrogens with zero attached hydrogens (tertiary/aromatic N) is 5. The van der Waals surface area contributed by atoms with Crippen molar-refractivity contribution in [2.75, 3.05) is 5.32 Å². The molecule has 0 spiro atoms. The van der Waals surface area contributed by atoms with Crippen LogP contribution in [0.1, 0.15) is 6.42 Å². The zero-order valence-corrected chi connectivity index (χ0v) is 13.4. The number of para-hydroxylation sites is 2. The summed E-state index contributed by atoms with van der Waals surface area (Å²) in [4.78, 5) is 21.0. The molecule has 0 saturated heterocycles. The van der Waals surface area contributed by atoms with Gasteiger partial charge in [-0.05, 0) is 30.3 Å². The first-order valence-corrected chi connectivity index (χ1v) is 7.96. The molecule has 0 radical (unpaired) electrons. The van der Waals surface area contributed by atoms with Gasteiger partial charge in [0.1, 0.15) is 0 Å². The third kappa shape index (κ3) is 3.12. The molecular weight excluding hydrogens is 316 g/mol. The van der Waals surface area contributed by atoms with E-state index in [0.717, 1.165) is 11.0 Å². The minimum atomic E-state index is -0.0841. The van der Waals surface area contributed by atoms with Crippen molar-refractivity contribution in [3.05, 3.63) is 67.4 Å². The molecule has 1 N–H and O–H groups in total. The molecule has 0 unspecified atom stereocenters. The van der Waals surface area contributed by atoms with E-state index in [1.165, 1.54) is 0 Å². The molecule has 0 aliphatic rings. The van der Waals surface area contributed by atoms with Crippen molar-refractivity contribution >= 4 is 22.6 Å². The minimum Gasteiger partial charge on any atom is -0.330 e. The van der Waals surface area contributed by atoms with Crippen molar-refractivity contribution in [1.29, 1.82) is 0 Å². The van der Waals surface area contributed by atoms with E-state index in [4.69, 9.17) is 0 Å². The number of aromatic nitrogens is 5. The van der Waals surface area contributed by atoms with Crippen molar-refractivity contribution < 1.29 is 4.79 Å². The Bertz CT molecular complexity index is 1010. The summed E-state index contributed by atoms with van der Waals surface area (Å²) < 4.78 is 3.60. The van der Waals surface area contributed by atoms with Crippen LogP contribution in [0, 0.1) is 0 Å². The van der Waals surface area contributed by atoms with E-state index in [1.807, 2.05) is 41.0 Å². The summed E-state index contributed by atoms with van der Waals surface area (Å²) in [6, 6.07) is 13.3. The minimum absolute atomic E-state index is 0.0841. The molecule has 0 fully saturated rings. The lowest BCUT2D eigenvalue weighted by Crippen LogP contribution is -2.16. The molecule has 4 rings (SSSR count). The first kappa shape index (κ1) is 15.1. The number of hydrogen-bond donors (Lipinski definition) is 1. The van der Waals surface area contributed by atoms with Crippen LogP contribution in [0.4, 0.5) is 5.69 Å². The third-order valence-electron chi connectivity index (χ3n) is 3.89. The molecule has 0 atom stereocenters. The zero-order valence-electron chi connectivity index (χ0n) is 13.4. The Morgan fingerprint density at radius 1 is 1.04 bits per heavy atom. The Balaban J connectivity index is 1.46. The first-order valence-electron chi connectivity index (χ1n) is 7.96. The molecule has 3 heterocycles. The number of anilines is 1. The van der Waals surface area contributed by atoms with Gasteiger partial charge in [0.2, 0.25) is 5.91 Å². The fourth-order valence-electron chi connectivity index (χ4n) is 2.69. The van der Waals surface area contributed by atoms with E-state index < -0.39 is 0 Å². The normalized spacial score (nSPS) is 10.9. The lowest BCUT2D eigenvalue weighted by Gasteiger charge is -2.10. The summed E-state index contributed by atoms with van der Waals surface area (Å²) in [5.74, 6) is 0.508. The SMILES string of the molecule is O=C(CCn1cnc2ccccc21)Nc1cccnc1-n1cccn1. The van der Waals surface area contributed by atoms with Crippen LogP contribution in [-0.4, -0.2) is 30.2 Å². The van der Waals surface area contributed by atoms with Crippen LogP contribution in [0.2, 0.25) is 0 Å². The number of imidazole rings is 1. The van der Waals surface area contributed by atoms with Crippen LogP contribution in [0.5, 0.6) is 0 Å². The van der Waals surface area contributed by atoms with Crippen LogP contribution in [0.3, 0.4) is 0 Å². The lowest BCUT2D eigenvalue weighted by atomic mass is 10.3. The molecule has 4 aromatic rings. The summed E-state index contributed by atoms with van der Waals surface area (Å²) in [6.45, 7) is 0.559. The predicted molar refractivity (Wildman–Crippen MR) is 94.3 cm³/mol. The van der Waals surface area contributed by atoms with Gasteiger partial charge in [0.25, 0.3) is 0 Å². The summed E-state index contributed by atoms with van der Waals surface area (Å²) in [6.07, 6.45) is 7.23. The molecular formula is C18H16N6O. The van der Waals surface area contributed by atoms with Crippen molar-refractivity contribution in [3.63, 3.8) is 0 Å². The lowest BCUT2D eigenvalue weighted by molar-refractivity contribution is -0.116. The Labute approximate surface area is 143 Å². The fraction of sp³-hybridized carbons (Fsp3) is 0.111. The van der Waals surface area contributed by atoms with Gasteiger partial charge < -0.3 is 9.88 Å². The van der Waals surface area contributed by atoms with Gasteiger partial charge in [-0.1, -0.05) is 12.1 Å². The fourth-order valence-corrected chi connectivity index (χ4v) is 2.69. The maximum atomic E-state index is 12.4. The van der Waals surface area contributed by atoms with Crippen LogP contribution < -0.4 is 5.32 Å². The van der Waals surface area contributed by atoms with Gasteiger partial charge in [-0.2, -0.15) is 5.10 Å².